The maximum Gasteiger partial charge on any atom is 0.243 e. The maximum atomic E-state index is 10.8. The summed E-state index contributed by atoms with van der Waals surface area (Å²) in [6.45, 7) is 0. The molecule has 0 atom stereocenters. The molecule has 2 nitrogen and oxygen atoms in total. The molecule has 0 unspecified atom stereocenters. The fourth-order valence-corrected chi connectivity index (χ4v) is 1.17. The van der Waals surface area contributed by atoms with Gasteiger partial charge in [-0.25, -0.2) is 0 Å². The van der Waals surface area contributed by atoms with E-state index in [2.05, 4.69) is 17.4 Å². The van der Waals surface area contributed by atoms with E-state index in [9.17, 15) is 4.79 Å². The molecule has 1 aromatic carbocycles. The largest absolute Gasteiger partial charge is 0.356 e. The summed E-state index contributed by atoms with van der Waals surface area (Å²) in [7, 11) is 1.63. The predicted molar refractivity (Wildman–Crippen MR) is 58.0 cm³/mol. The van der Waals surface area contributed by atoms with E-state index < -0.39 is 0 Å². The highest BCUT2D eigenvalue weighted by atomic mass is 16.1. The van der Waals surface area contributed by atoms with Crippen LogP contribution >= 0.6 is 0 Å². The second-order valence-electron chi connectivity index (χ2n) is 3.04. The van der Waals surface area contributed by atoms with Crippen molar-refractivity contribution >= 4 is 5.91 Å². The van der Waals surface area contributed by atoms with Crippen LogP contribution in [0.15, 0.2) is 42.5 Å². The van der Waals surface area contributed by atoms with E-state index in [1.165, 1.54) is 5.56 Å². The van der Waals surface area contributed by atoms with Crippen LogP contribution < -0.4 is 5.32 Å². The van der Waals surface area contributed by atoms with E-state index in [4.69, 9.17) is 0 Å². The lowest BCUT2D eigenvalue weighted by atomic mass is 10.1. The first-order chi connectivity index (χ1) is 6.83. The highest BCUT2D eigenvalue weighted by Gasteiger charge is 1.90. The zero-order chi connectivity index (χ0) is 10.2. The van der Waals surface area contributed by atoms with Crippen LogP contribution in [0.2, 0.25) is 0 Å². The third kappa shape index (κ3) is 3.90. The third-order valence-corrected chi connectivity index (χ3v) is 1.96. The number of allylic oxidation sites excluding steroid dienone is 1. The molecule has 2 heteroatoms. The SMILES string of the molecule is CNC(=O)/C=C/CCc1ccccc1. The fraction of sp³-hybridized carbons (Fsp3) is 0.250. The Morgan fingerprint density at radius 1 is 1.36 bits per heavy atom. The molecule has 0 aliphatic heterocycles. The summed E-state index contributed by atoms with van der Waals surface area (Å²) in [5, 5.41) is 2.54. The molecular formula is C12H15NO. The highest BCUT2D eigenvalue weighted by Crippen LogP contribution is 2.02. The first kappa shape index (κ1) is 10.5. The maximum absolute atomic E-state index is 10.8. The van der Waals surface area contributed by atoms with Gasteiger partial charge >= 0.3 is 0 Å². The molecule has 0 aromatic heterocycles. The number of carbonyl (C=O) groups excluding carboxylic acids is 1. The lowest BCUT2D eigenvalue weighted by molar-refractivity contribution is -0.116. The van der Waals surface area contributed by atoms with Crippen LogP contribution in [0.5, 0.6) is 0 Å². The minimum absolute atomic E-state index is 0.0435. The van der Waals surface area contributed by atoms with Crippen LogP contribution in [0.25, 0.3) is 0 Å². The zero-order valence-corrected chi connectivity index (χ0v) is 8.36. The van der Waals surface area contributed by atoms with E-state index >= 15 is 0 Å². The number of likely N-dealkylation sites (N-methyl/N-ethyl adjacent to an activating group) is 1. The monoisotopic (exact) mass is 189 g/mol. The smallest absolute Gasteiger partial charge is 0.243 e. The van der Waals surface area contributed by atoms with E-state index in [0.717, 1.165) is 12.8 Å². The lowest BCUT2D eigenvalue weighted by Crippen LogP contribution is -2.13. The van der Waals surface area contributed by atoms with Gasteiger partial charge < -0.3 is 5.32 Å². The molecule has 0 saturated heterocycles. The molecule has 0 radical (unpaired) electrons. The molecule has 0 fully saturated rings. The Morgan fingerprint density at radius 2 is 2.07 bits per heavy atom. The van der Waals surface area contributed by atoms with Crippen molar-refractivity contribution in [3.05, 3.63) is 48.0 Å². The molecule has 74 valence electrons. The minimum atomic E-state index is -0.0435. The van der Waals surface area contributed by atoms with E-state index in [1.807, 2.05) is 24.3 Å². The number of aryl methyl sites for hydroxylation is 1. The Bertz CT molecular complexity index is 303. The number of nitrogens with one attached hydrogen (secondary N) is 1. The van der Waals surface area contributed by atoms with Crippen molar-refractivity contribution in [3.8, 4) is 0 Å². The van der Waals surface area contributed by atoms with Crippen molar-refractivity contribution in [2.24, 2.45) is 0 Å². The molecule has 0 aliphatic carbocycles. The zero-order valence-electron chi connectivity index (χ0n) is 8.36. The van der Waals surface area contributed by atoms with Crippen molar-refractivity contribution in [1.82, 2.24) is 5.32 Å². The van der Waals surface area contributed by atoms with Crippen LogP contribution in [0.3, 0.4) is 0 Å². The van der Waals surface area contributed by atoms with Gasteiger partial charge in [0.15, 0.2) is 0 Å². The summed E-state index contributed by atoms with van der Waals surface area (Å²) in [5.74, 6) is -0.0435. The normalized spacial score (nSPS) is 10.4. The molecule has 14 heavy (non-hydrogen) atoms. The molecular weight excluding hydrogens is 174 g/mol. The molecule has 1 N–H and O–H groups in total. The van der Waals surface area contributed by atoms with Crippen LogP contribution in [0.1, 0.15) is 12.0 Å². The van der Waals surface area contributed by atoms with Crippen LogP contribution in [0.4, 0.5) is 0 Å². The highest BCUT2D eigenvalue weighted by molar-refractivity contribution is 5.87. The molecule has 0 heterocycles. The quantitative estimate of drug-likeness (QED) is 0.720. The van der Waals surface area contributed by atoms with Crippen LogP contribution in [-0.4, -0.2) is 13.0 Å². The Balaban J connectivity index is 2.29. The van der Waals surface area contributed by atoms with Crippen molar-refractivity contribution in [2.75, 3.05) is 7.05 Å². The van der Waals surface area contributed by atoms with Gasteiger partial charge in [0.05, 0.1) is 0 Å². The number of hydrogen-bond donors (Lipinski definition) is 1. The topological polar surface area (TPSA) is 29.1 Å². The van der Waals surface area contributed by atoms with Crippen LogP contribution in [-0.2, 0) is 11.2 Å². The number of amides is 1. The van der Waals surface area contributed by atoms with Gasteiger partial charge in [0.25, 0.3) is 0 Å². The fourth-order valence-electron chi connectivity index (χ4n) is 1.17. The Morgan fingerprint density at radius 3 is 2.71 bits per heavy atom. The van der Waals surface area contributed by atoms with Gasteiger partial charge in [-0.05, 0) is 24.5 Å². The summed E-state index contributed by atoms with van der Waals surface area (Å²) in [6, 6.07) is 10.2. The predicted octanol–water partition coefficient (Wildman–Crippen LogP) is 1.92. The number of rotatable bonds is 4. The second kappa shape index (κ2) is 5.97. The minimum Gasteiger partial charge on any atom is -0.356 e. The van der Waals surface area contributed by atoms with E-state index in [0.29, 0.717) is 0 Å². The first-order valence-electron chi connectivity index (χ1n) is 4.75. The molecule has 0 aliphatic rings. The average molecular weight is 189 g/mol. The molecule has 1 aromatic rings. The summed E-state index contributed by atoms with van der Waals surface area (Å²) >= 11 is 0. The molecule has 0 spiro atoms. The summed E-state index contributed by atoms with van der Waals surface area (Å²) in [5.41, 5.74) is 1.30. The Labute approximate surface area is 84.6 Å². The number of hydrogen-bond acceptors (Lipinski definition) is 1. The summed E-state index contributed by atoms with van der Waals surface area (Å²) < 4.78 is 0. The average Bonchev–Trinajstić information content (AvgIpc) is 2.25. The molecule has 1 amide bonds. The van der Waals surface area contributed by atoms with E-state index in [-0.39, 0.29) is 5.91 Å². The Kier molecular flexibility index (Phi) is 4.48. The molecule has 1 rings (SSSR count). The van der Waals surface area contributed by atoms with Crippen molar-refractivity contribution in [2.45, 2.75) is 12.8 Å². The van der Waals surface area contributed by atoms with Gasteiger partial charge in [-0.1, -0.05) is 36.4 Å². The third-order valence-electron chi connectivity index (χ3n) is 1.96. The van der Waals surface area contributed by atoms with Gasteiger partial charge in [-0.2, -0.15) is 0 Å². The summed E-state index contributed by atoms with van der Waals surface area (Å²) in [4.78, 5) is 10.8. The van der Waals surface area contributed by atoms with Crippen LogP contribution in [0, 0.1) is 0 Å². The summed E-state index contributed by atoms with van der Waals surface area (Å²) in [6.07, 6.45) is 5.35. The van der Waals surface area contributed by atoms with Gasteiger partial charge in [0, 0.05) is 7.05 Å². The number of benzene rings is 1. The van der Waals surface area contributed by atoms with Gasteiger partial charge in [-0.15, -0.1) is 0 Å². The lowest BCUT2D eigenvalue weighted by Gasteiger charge is -1.96. The standard InChI is InChI=1S/C12H15NO/c1-13-12(14)10-6-5-9-11-7-3-2-4-8-11/h2-4,6-8,10H,5,9H2,1H3,(H,13,14)/b10-6+. The van der Waals surface area contributed by atoms with Crippen molar-refractivity contribution in [1.29, 1.82) is 0 Å². The van der Waals surface area contributed by atoms with Crippen molar-refractivity contribution in [3.63, 3.8) is 0 Å². The van der Waals surface area contributed by atoms with Crippen molar-refractivity contribution < 1.29 is 4.79 Å². The second-order valence-corrected chi connectivity index (χ2v) is 3.04. The molecule has 0 bridgehead atoms. The first-order valence-corrected chi connectivity index (χ1v) is 4.75. The van der Waals surface area contributed by atoms with Gasteiger partial charge in [0.2, 0.25) is 5.91 Å². The molecule has 0 saturated carbocycles. The van der Waals surface area contributed by atoms with E-state index in [1.54, 1.807) is 13.1 Å². The number of carbonyl (C=O) groups is 1. The van der Waals surface area contributed by atoms with Gasteiger partial charge in [-0.3, -0.25) is 4.79 Å². The van der Waals surface area contributed by atoms with Gasteiger partial charge in [0.1, 0.15) is 0 Å². The Hall–Kier alpha value is -1.57.